The molecule has 0 aliphatic carbocycles. The van der Waals surface area contributed by atoms with Crippen LogP contribution in [-0.4, -0.2) is 50.0 Å². The molecule has 3 rings (SSSR count). The van der Waals surface area contributed by atoms with Gasteiger partial charge in [0, 0.05) is 12.6 Å². The van der Waals surface area contributed by atoms with Gasteiger partial charge in [0.25, 0.3) is 5.91 Å². The van der Waals surface area contributed by atoms with Crippen molar-refractivity contribution in [3.05, 3.63) is 59.9 Å². The van der Waals surface area contributed by atoms with Crippen molar-refractivity contribution in [2.45, 2.75) is 32.0 Å². The number of rotatable bonds is 7. The molecule has 0 bridgehead atoms. The van der Waals surface area contributed by atoms with E-state index >= 15 is 0 Å². The molecule has 2 aromatic rings. The molecule has 0 spiro atoms. The predicted octanol–water partition coefficient (Wildman–Crippen LogP) is 2.82. The number of ether oxygens (including phenoxy) is 2. The Bertz CT molecular complexity index is 944. The highest BCUT2D eigenvalue weighted by molar-refractivity contribution is 7.91. The van der Waals surface area contributed by atoms with E-state index in [1.165, 1.54) is 24.3 Å². The molecule has 1 amide bonds. The lowest BCUT2D eigenvalue weighted by molar-refractivity contribution is -0.140. The van der Waals surface area contributed by atoms with Crippen LogP contribution >= 0.6 is 0 Å². The van der Waals surface area contributed by atoms with Crippen LogP contribution in [0.15, 0.2) is 48.5 Å². The Balaban J connectivity index is 1.78. The van der Waals surface area contributed by atoms with Crippen LogP contribution in [0.5, 0.6) is 11.5 Å². The number of nitrogens with zero attached hydrogens (tertiary/aromatic N) is 1. The van der Waals surface area contributed by atoms with Crippen LogP contribution in [0.25, 0.3) is 0 Å². The van der Waals surface area contributed by atoms with E-state index in [-0.39, 0.29) is 24.0 Å². The topological polar surface area (TPSA) is 72.9 Å². The summed E-state index contributed by atoms with van der Waals surface area (Å²) in [5.74, 6) is 0.370. The fourth-order valence-corrected chi connectivity index (χ4v) is 5.07. The molecule has 2 aromatic carbocycles. The zero-order valence-electron chi connectivity index (χ0n) is 16.4. The SMILES string of the molecule is COc1ccc(CN(C(=O)C(C)Oc2ccc(F)cc2)C2CCS(=O)(=O)C2)cc1. The quantitative estimate of drug-likeness (QED) is 0.687. The molecule has 0 N–H and O–H groups in total. The Labute approximate surface area is 170 Å². The number of carbonyl (C=O) groups is 1. The van der Waals surface area contributed by atoms with E-state index in [4.69, 9.17) is 9.47 Å². The molecule has 1 aliphatic heterocycles. The first-order valence-electron chi connectivity index (χ1n) is 9.33. The second-order valence-corrected chi connectivity index (χ2v) is 9.31. The Morgan fingerprint density at radius 3 is 2.31 bits per heavy atom. The minimum absolute atomic E-state index is 0.0574. The van der Waals surface area contributed by atoms with Gasteiger partial charge in [0.2, 0.25) is 0 Å². The van der Waals surface area contributed by atoms with Crippen molar-refractivity contribution in [2.75, 3.05) is 18.6 Å². The summed E-state index contributed by atoms with van der Waals surface area (Å²) in [5.41, 5.74) is 0.859. The van der Waals surface area contributed by atoms with Gasteiger partial charge in [-0.25, -0.2) is 12.8 Å². The molecule has 1 saturated heterocycles. The smallest absolute Gasteiger partial charge is 0.263 e. The molecule has 0 aromatic heterocycles. The highest BCUT2D eigenvalue weighted by Crippen LogP contribution is 2.23. The number of benzene rings is 2. The van der Waals surface area contributed by atoms with Crippen LogP contribution in [0.2, 0.25) is 0 Å². The van der Waals surface area contributed by atoms with Crippen LogP contribution in [0, 0.1) is 5.82 Å². The van der Waals surface area contributed by atoms with Gasteiger partial charge < -0.3 is 14.4 Å². The average Bonchev–Trinajstić information content (AvgIpc) is 3.07. The van der Waals surface area contributed by atoms with E-state index in [1.807, 2.05) is 12.1 Å². The van der Waals surface area contributed by atoms with Gasteiger partial charge in [-0.05, 0) is 55.3 Å². The van der Waals surface area contributed by atoms with Crippen molar-refractivity contribution in [3.63, 3.8) is 0 Å². The van der Waals surface area contributed by atoms with E-state index in [1.54, 1.807) is 31.1 Å². The molecule has 29 heavy (non-hydrogen) atoms. The van der Waals surface area contributed by atoms with E-state index < -0.39 is 27.8 Å². The molecule has 0 saturated carbocycles. The fourth-order valence-electron chi connectivity index (χ4n) is 3.34. The summed E-state index contributed by atoms with van der Waals surface area (Å²) in [6.45, 7) is 1.87. The van der Waals surface area contributed by atoms with Gasteiger partial charge in [-0.15, -0.1) is 0 Å². The lowest BCUT2D eigenvalue weighted by Gasteiger charge is -2.31. The Morgan fingerprint density at radius 2 is 1.76 bits per heavy atom. The first-order chi connectivity index (χ1) is 13.8. The highest BCUT2D eigenvalue weighted by atomic mass is 32.2. The second-order valence-electron chi connectivity index (χ2n) is 7.09. The molecule has 2 atom stereocenters. The van der Waals surface area contributed by atoms with Crippen LogP contribution in [0.4, 0.5) is 4.39 Å². The van der Waals surface area contributed by atoms with Gasteiger partial charge in [0.05, 0.1) is 18.6 Å². The number of sulfone groups is 1. The minimum atomic E-state index is -3.16. The van der Waals surface area contributed by atoms with Crippen LogP contribution in [-0.2, 0) is 21.2 Å². The summed E-state index contributed by atoms with van der Waals surface area (Å²) in [6, 6.07) is 12.3. The predicted molar refractivity (Wildman–Crippen MR) is 107 cm³/mol. The molecule has 6 nitrogen and oxygen atoms in total. The summed E-state index contributed by atoms with van der Waals surface area (Å²) in [4.78, 5) is 14.7. The first-order valence-corrected chi connectivity index (χ1v) is 11.2. The Hall–Kier alpha value is -2.61. The first kappa shape index (κ1) is 21.1. The van der Waals surface area contributed by atoms with Crippen LogP contribution < -0.4 is 9.47 Å². The molecule has 2 unspecified atom stereocenters. The highest BCUT2D eigenvalue weighted by Gasteiger charge is 2.36. The second kappa shape index (κ2) is 8.82. The number of halogens is 1. The van der Waals surface area contributed by atoms with Crippen LogP contribution in [0.3, 0.4) is 0 Å². The summed E-state index contributed by atoms with van der Waals surface area (Å²) >= 11 is 0. The van der Waals surface area contributed by atoms with Crippen molar-refractivity contribution in [1.29, 1.82) is 0 Å². The molecule has 8 heteroatoms. The average molecular weight is 421 g/mol. The molecule has 156 valence electrons. The third-order valence-corrected chi connectivity index (χ3v) is 6.67. The molecular formula is C21H24FNO5S. The number of carbonyl (C=O) groups excluding carboxylic acids is 1. The summed E-state index contributed by atoms with van der Waals surface area (Å²) in [5, 5.41) is 0. The van der Waals surface area contributed by atoms with Crippen LogP contribution in [0.1, 0.15) is 18.9 Å². The van der Waals surface area contributed by atoms with Gasteiger partial charge in [-0.1, -0.05) is 12.1 Å². The maximum absolute atomic E-state index is 13.1. The van der Waals surface area contributed by atoms with Gasteiger partial charge in [0.15, 0.2) is 15.9 Å². The maximum Gasteiger partial charge on any atom is 0.263 e. The van der Waals surface area contributed by atoms with Gasteiger partial charge >= 0.3 is 0 Å². The number of amides is 1. The number of hydrogen-bond acceptors (Lipinski definition) is 5. The van der Waals surface area contributed by atoms with Gasteiger partial charge in [-0.3, -0.25) is 4.79 Å². The molecular weight excluding hydrogens is 397 g/mol. The van der Waals surface area contributed by atoms with E-state index in [2.05, 4.69) is 0 Å². The molecule has 0 radical (unpaired) electrons. The summed E-state index contributed by atoms with van der Waals surface area (Å²) in [7, 11) is -1.59. The van der Waals surface area contributed by atoms with Crippen molar-refractivity contribution in [3.8, 4) is 11.5 Å². The summed E-state index contributed by atoms with van der Waals surface area (Å²) < 4.78 is 47.9. The third kappa shape index (κ3) is 5.47. The Morgan fingerprint density at radius 1 is 1.14 bits per heavy atom. The lowest BCUT2D eigenvalue weighted by Crippen LogP contribution is -2.46. The molecule has 1 aliphatic rings. The number of methoxy groups -OCH3 is 1. The normalized spacial score (nSPS) is 18.8. The van der Waals surface area contributed by atoms with E-state index in [9.17, 15) is 17.6 Å². The third-order valence-electron chi connectivity index (χ3n) is 4.92. The minimum Gasteiger partial charge on any atom is -0.497 e. The van der Waals surface area contributed by atoms with Crippen molar-refractivity contribution in [1.82, 2.24) is 4.90 Å². The van der Waals surface area contributed by atoms with Gasteiger partial charge in [-0.2, -0.15) is 0 Å². The van der Waals surface area contributed by atoms with Crippen molar-refractivity contribution >= 4 is 15.7 Å². The lowest BCUT2D eigenvalue weighted by atomic mass is 10.1. The van der Waals surface area contributed by atoms with Gasteiger partial charge in [0.1, 0.15) is 17.3 Å². The zero-order chi connectivity index (χ0) is 21.0. The van der Waals surface area contributed by atoms with Crippen molar-refractivity contribution < 1.29 is 27.1 Å². The Kier molecular flexibility index (Phi) is 6.42. The molecule has 1 fully saturated rings. The zero-order valence-corrected chi connectivity index (χ0v) is 17.2. The largest absolute Gasteiger partial charge is 0.497 e. The molecule has 1 heterocycles. The van der Waals surface area contributed by atoms with E-state index in [0.29, 0.717) is 17.9 Å². The maximum atomic E-state index is 13.1. The van der Waals surface area contributed by atoms with Crippen molar-refractivity contribution in [2.24, 2.45) is 0 Å². The standard InChI is InChI=1S/C21H24FNO5S/c1-15(28-20-9-5-17(22)6-10-20)21(24)23(18-11-12-29(25,26)14-18)13-16-3-7-19(27-2)8-4-16/h3-10,15,18H,11-14H2,1-2H3. The number of hydrogen-bond donors (Lipinski definition) is 0. The fraction of sp³-hybridized carbons (Fsp3) is 0.381. The van der Waals surface area contributed by atoms with E-state index in [0.717, 1.165) is 5.56 Å². The monoisotopic (exact) mass is 421 g/mol. The summed E-state index contributed by atoms with van der Waals surface area (Å²) in [6.07, 6.45) is -0.449.